The Morgan fingerprint density at radius 1 is 1.33 bits per heavy atom. The second kappa shape index (κ2) is 8.23. The number of methoxy groups -OCH3 is 1. The molecule has 0 radical (unpaired) electrons. The largest absolute Gasteiger partial charge is 0.468 e. The summed E-state index contributed by atoms with van der Waals surface area (Å²) < 4.78 is 61.9. The van der Waals surface area contributed by atoms with E-state index in [1.807, 2.05) is 0 Å². The highest BCUT2D eigenvalue weighted by molar-refractivity contribution is 6.03. The third kappa shape index (κ3) is 4.53. The van der Waals surface area contributed by atoms with Gasteiger partial charge in [0.15, 0.2) is 11.1 Å². The van der Waals surface area contributed by atoms with Gasteiger partial charge in [-0.3, -0.25) is 9.59 Å². The molecule has 1 amide bonds. The molecule has 2 fully saturated rings. The van der Waals surface area contributed by atoms with E-state index in [4.69, 9.17) is 5.73 Å². The summed E-state index contributed by atoms with van der Waals surface area (Å²) in [5.41, 5.74) is 5.04. The van der Waals surface area contributed by atoms with Crippen molar-refractivity contribution in [2.75, 3.05) is 13.7 Å². The predicted molar refractivity (Wildman–Crippen MR) is 108 cm³/mol. The van der Waals surface area contributed by atoms with Crippen LogP contribution in [0.3, 0.4) is 0 Å². The third-order valence-corrected chi connectivity index (χ3v) is 6.48. The Hall–Kier alpha value is -2.76. The van der Waals surface area contributed by atoms with Gasteiger partial charge in [-0.1, -0.05) is 0 Å². The van der Waals surface area contributed by atoms with Gasteiger partial charge in [-0.25, -0.2) is 27.1 Å². The number of aromatic nitrogens is 3. The molecule has 3 N–H and O–H groups in total. The van der Waals surface area contributed by atoms with Crippen molar-refractivity contribution >= 4 is 17.5 Å². The van der Waals surface area contributed by atoms with Crippen LogP contribution in [0.1, 0.15) is 49.5 Å². The number of carbonyl (C=O) groups is 2. The fraction of sp³-hybridized carbons (Fsp3) is 0.619. The molecule has 1 saturated heterocycles. The molecule has 1 aliphatic carbocycles. The quantitative estimate of drug-likeness (QED) is 0.394. The standard InChI is InChI=1S/C21H25F4N5O3/c1-33-18(32)19(10-21(24,25)11-27-17(19)31)8-13-4-5-15-28-14(9-30(15)29-13)16(26)12-3-2-6-20(22,23)7-12/h4-5,9,12,16H,2-3,6-8,10-11,26H2,1H3,(H,27,31)/t12?,16?,19-/m1/s1. The number of nitrogens with two attached hydrogens (primary N) is 1. The third-order valence-electron chi connectivity index (χ3n) is 6.48. The normalized spacial score (nSPS) is 27.7. The molecule has 4 rings (SSSR count). The molecule has 33 heavy (non-hydrogen) atoms. The second-order valence-electron chi connectivity index (χ2n) is 9.00. The van der Waals surface area contributed by atoms with Gasteiger partial charge in [0.1, 0.15) is 0 Å². The molecule has 2 aromatic heterocycles. The number of nitrogens with zero attached hydrogens (tertiary/aromatic N) is 3. The van der Waals surface area contributed by atoms with E-state index >= 15 is 0 Å². The Kier molecular flexibility index (Phi) is 5.83. The van der Waals surface area contributed by atoms with Crippen molar-refractivity contribution in [3.8, 4) is 0 Å². The smallest absolute Gasteiger partial charge is 0.322 e. The summed E-state index contributed by atoms with van der Waals surface area (Å²) in [5.74, 6) is -8.41. The molecule has 2 aromatic rings. The fourth-order valence-corrected chi connectivity index (χ4v) is 4.80. The van der Waals surface area contributed by atoms with E-state index in [0.29, 0.717) is 24.2 Å². The topological polar surface area (TPSA) is 112 Å². The summed E-state index contributed by atoms with van der Waals surface area (Å²) in [4.78, 5) is 29.3. The highest BCUT2D eigenvalue weighted by Crippen LogP contribution is 2.42. The molecule has 0 aromatic carbocycles. The highest BCUT2D eigenvalue weighted by atomic mass is 19.3. The van der Waals surface area contributed by atoms with Gasteiger partial charge in [0, 0.05) is 25.7 Å². The number of piperidine rings is 1. The molecule has 0 bridgehead atoms. The molecule has 8 nitrogen and oxygen atoms in total. The highest BCUT2D eigenvalue weighted by Gasteiger charge is 2.57. The Balaban J connectivity index is 1.61. The van der Waals surface area contributed by atoms with E-state index < -0.39 is 60.5 Å². The van der Waals surface area contributed by atoms with Gasteiger partial charge < -0.3 is 15.8 Å². The van der Waals surface area contributed by atoms with Crippen LogP contribution in [0, 0.1) is 11.3 Å². The number of carbonyl (C=O) groups excluding carboxylic acids is 2. The lowest BCUT2D eigenvalue weighted by molar-refractivity contribution is -0.172. The minimum absolute atomic E-state index is 0.152. The van der Waals surface area contributed by atoms with Gasteiger partial charge in [-0.2, -0.15) is 5.10 Å². The van der Waals surface area contributed by atoms with Crippen LogP contribution in [0.2, 0.25) is 0 Å². The number of imidazole rings is 1. The van der Waals surface area contributed by atoms with Gasteiger partial charge in [0.05, 0.1) is 37.3 Å². The average molecular weight is 471 g/mol. The zero-order valence-electron chi connectivity index (χ0n) is 18.0. The van der Waals surface area contributed by atoms with Crippen molar-refractivity contribution in [1.29, 1.82) is 0 Å². The Morgan fingerprint density at radius 3 is 2.79 bits per heavy atom. The molecular weight excluding hydrogens is 446 g/mol. The number of halogens is 4. The molecule has 1 aliphatic heterocycles. The molecule has 12 heteroatoms. The molecule has 2 unspecified atom stereocenters. The van der Waals surface area contributed by atoms with Crippen LogP contribution in [0.5, 0.6) is 0 Å². The van der Waals surface area contributed by atoms with Crippen molar-refractivity contribution in [1.82, 2.24) is 19.9 Å². The van der Waals surface area contributed by atoms with Crippen molar-refractivity contribution in [3.05, 3.63) is 29.7 Å². The molecule has 0 spiro atoms. The fourth-order valence-electron chi connectivity index (χ4n) is 4.80. The SMILES string of the molecule is COC(=O)[C@]1(Cc2ccc3nc(C(N)C4CCCC(F)(F)C4)cn3n2)CC(F)(F)CNC1=O. The lowest BCUT2D eigenvalue weighted by atomic mass is 9.74. The zero-order chi connectivity index (χ0) is 24.0. The first-order valence-electron chi connectivity index (χ1n) is 10.7. The van der Waals surface area contributed by atoms with E-state index in [0.717, 1.165) is 7.11 Å². The first kappa shape index (κ1) is 23.4. The number of ether oxygens (including phenoxy) is 1. The van der Waals surface area contributed by atoms with Crippen molar-refractivity contribution in [2.45, 2.75) is 56.4 Å². The van der Waals surface area contributed by atoms with Gasteiger partial charge in [0.25, 0.3) is 5.92 Å². The number of esters is 1. The van der Waals surface area contributed by atoms with Crippen LogP contribution in [-0.2, 0) is 20.7 Å². The number of hydrogen-bond donors (Lipinski definition) is 2. The lowest BCUT2D eigenvalue weighted by Crippen LogP contribution is -2.59. The van der Waals surface area contributed by atoms with Crippen LogP contribution in [-0.4, -0.2) is 52.0 Å². The van der Waals surface area contributed by atoms with Crippen LogP contribution >= 0.6 is 0 Å². The number of hydrogen-bond acceptors (Lipinski definition) is 6. The summed E-state index contributed by atoms with van der Waals surface area (Å²) in [5, 5.41) is 6.39. The zero-order valence-corrected chi connectivity index (χ0v) is 18.0. The second-order valence-corrected chi connectivity index (χ2v) is 9.00. The maximum absolute atomic E-state index is 14.1. The Labute approximate surface area is 186 Å². The molecular formula is C21H25F4N5O3. The number of nitrogens with one attached hydrogen (secondary N) is 1. The average Bonchev–Trinajstić information content (AvgIpc) is 3.17. The maximum Gasteiger partial charge on any atom is 0.322 e. The van der Waals surface area contributed by atoms with Crippen LogP contribution in [0.25, 0.3) is 5.65 Å². The van der Waals surface area contributed by atoms with E-state index in [1.165, 1.54) is 22.8 Å². The van der Waals surface area contributed by atoms with Crippen molar-refractivity contribution < 1.29 is 31.9 Å². The van der Waals surface area contributed by atoms with Crippen LogP contribution in [0.4, 0.5) is 17.6 Å². The van der Waals surface area contributed by atoms with Crippen LogP contribution in [0.15, 0.2) is 18.3 Å². The lowest BCUT2D eigenvalue weighted by Gasteiger charge is -2.37. The Morgan fingerprint density at radius 2 is 2.09 bits per heavy atom. The summed E-state index contributed by atoms with van der Waals surface area (Å²) in [6, 6.07) is 2.29. The van der Waals surface area contributed by atoms with Crippen molar-refractivity contribution in [2.24, 2.45) is 17.1 Å². The summed E-state index contributed by atoms with van der Waals surface area (Å²) in [7, 11) is 1.03. The monoisotopic (exact) mass is 471 g/mol. The minimum Gasteiger partial charge on any atom is -0.468 e. The van der Waals surface area contributed by atoms with Gasteiger partial charge >= 0.3 is 5.97 Å². The van der Waals surface area contributed by atoms with Crippen LogP contribution < -0.4 is 11.1 Å². The molecule has 2 aliphatic rings. The van der Waals surface area contributed by atoms with E-state index in [-0.39, 0.29) is 18.5 Å². The number of fused-ring (bicyclic) bond motifs is 1. The molecule has 180 valence electrons. The van der Waals surface area contributed by atoms with E-state index in [9.17, 15) is 27.2 Å². The molecule has 3 heterocycles. The Bertz CT molecular complexity index is 1070. The minimum atomic E-state index is -3.29. The first-order chi connectivity index (χ1) is 15.4. The van der Waals surface area contributed by atoms with E-state index in [1.54, 1.807) is 0 Å². The number of alkyl halides is 4. The number of rotatable bonds is 5. The predicted octanol–water partition coefficient (Wildman–Crippen LogP) is 2.41. The summed E-state index contributed by atoms with van der Waals surface area (Å²) in [6.07, 6.45) is 0.556. The van der Waals surface area contributed by atoms with E-state index in [2.05, 4.69) is 20.1 Å². The first-order valence-corrected chi connectivity index (χ1v) is 10.7. The summed E-state index contributed by atoms with van der Waals surface area (Å²) >= 11 is 0. The molecule has 1 saturated carbocycles. The van der Waals surface area contributed by atoms with Gasteiger partial charge in [0.2, 0.25) is 11.8 Å². The van der Waals surface area contributed by atoms with Crippen molar-refractivity contribution in [3.63, 3.8) is 0 Å². The van der Waals surface area contributed by atoms with Gasteiger partial charge in [-0.15, -0.1) is 0 Å². The summed E-state index contributed by atoms with van der Waals surface area (Å²) in [6.45, 7) is -0.861. The number of amides is 1. The maximum atomic E-state index is 14.1. The molecule has 3 atom stereocenters. The van der Waals surface area contributed by atoms with Gasteiger partial charge in [-0.05, 0) is 30.9 Å².